The van der Waals surface area contributed by atoms with Gasteiger partial charge in [-0.25, -0.2) is 4.79 Å². The molecule has 5 heteroatoms. The van der Waals surface area contributed by atoms with E-state index in [9.17, 15) is 4.79 Å². The third kappa shape index (κ3) is 6.96. The first-order valence-corrected chi connectivity index (χ1v) is 7.91. The maximum atomic E-state index is 10.9. The molecule has 1 saturated carbocycles. The van der Waals surface area contributed by atoms with Gasteiger partial charge in [-0.2, -0.15) is 0 Å². The van der Waals surface area contributed by atoms with Crippen LogP contribution in [-0.4, -0.2) is 66.9 Å². The molecule has 0 aliphatic heterocycles. The summed E-state index contributed by atoms with van der Waals surface area (Å²) >= 11 is 0. The van der Waals surface area contributed by atoms with Crippen LogP contribution in [0.1, 0.15) is 38.5 Å². The fourth-order valence-corrected chi connectivity index (χ4v) is 2.80. The number of carboxylic acid groups (broad SMARTS) is 1. The van der Waals surface area contributed by atoms with Crippen LogP contribution in [0.5, 0.6) is 0 Å². The van der Waals surface area contributed by atoms with E-state index < -0.39 is 6.09 Å². The Morgan fingerprint density at radius 3 is 2.52 bits per heavy atom. The second-order valence-electron chi connectivity index (χ2n) is 5.95. The van der Waals surface area contributed by atoms with Gasteiger partial charge in [-0.05, 0) is 52.1 Å². The number of unbranched alkanes of at least 4 members (excludes halogenated alkanes) is 1. The van der Waals surface area contributed by atoms with Gasteiger partial charge in [0.1, 0.15) is 0 Å². The Morgan fingerprint density at radius 1 is 1.29 bits per heavy atom. The fourth-order valence-electron chi connectivity index (χ4n) is 2.80. The molecule has 1 N–H and O–H groups in total. The predicted octanol–water partition coefficient (Wildman–Crippen LogP) is 2.82. The topological polar surface area (TPSA) is 53.0 Å². The second-order valence-corrected chi connectivity index (χ2v) is 5.95. The van der Waals surface area contributed by atoms with Crippen LogP contribution < -0.4 is 0 Å². The summed E-state index contributed by atoms with van der Waals surface area (Å²) in [5, 5.41) is 8.97. The maximum absolute atomic E-state index is 10.9. The lowest BCUT2D eigenvalue weighted by Crippen LogP contribution is -2.40. The number of ether oxygens (including phenoxy) is 1. The lowest BCUT2D eigenvalue weighted by atomic mass is 9.92. The molecule has 0 atom stereocenters. The molecule has 1 amide bonds. The van der Waals surface area contributed by atoms with E-state index >= 15 is 0 Å². The van der Waals surface area contributed by atoms with Crippen molar-refractivity contribution in [1.82, 2.24) is 9.80 Å². The number of rotatable bonds is 9. The molecule has 122 valence electrons. The van der Waals surface area contributed by atoms with E-state index in [0.29, 0.717) is 6.10 Å². The molecule has 1 rings (SSSR count). The predicted molar refractivity (Wildman–Crippen MR) is 84.7 cm³/mol. The van der Waals surface area contributed by atoms with Crippen molar-refractivity contribution < 1.29 is 14.6 Å². The molecule has 0 aromatic heterocycles. The number of hydrogen-bond donors (Lipinski definition) is 1. The molecule has 0 spiro atoms. The largest absolute Gasteiger partial charge is 0.465 e. The monoisotopic (exact) mass is 298 g/mol. The van der Waals surface area contributed by atoms with Crippen molar-refractivity contribution in [1.29, 1.82) is 0 Å². The normalized spacial score (nSPS) is 22.2. The van der Waals surface area contributed by atoms with Gasteiger partial charge in [0.15, 0.2) is 0 Å². The summed E-state index contributed by atoms with van der Waals surface area (Å²) in [7, 11) is 3.76. The van der Waals surface area contributed by atoms with Crippen molar-refractivity contribution in [3.63, 3.8) is 0 Å². The zero-order valence-electron chi connectivity index (χ0n) is 13.5. The zero-order chi connectivity index (χ0) is 15.7. The smallest absolute Gasteiger partial charge is 0.407 e. The Labute approximate surface area is 128 Å². The standard InChI is InChI=1S/C16H30N2O3/c1-4-11-17(2)12-5-6-13-21-15-9-7-14(8-10-15)18(3)16(19)20/h4,14-15H,1,5-13H2,2-3H3,(H,19,20). The van der Waals surface area contributed by atoms with Crippen LogP contribution >= 0.6 is 0 Å². The Hall–Kier alpha value is -1.07. The zero-order valence-corrected chi connectivity index (χ0v) is 13.5. The Bertz CT molecular complexity index is 315. The van der Waals surface area contributed by atoms with E-state index in [-0.39, 0.29) is 6.04 Å². The van der Waals surface area contributed by atoms with Gasteiger partial charge in [-0.3, -0.25) is 0 Å². The lowest BCUT2D eigenvalue weighted by molar-refractivity contribution is 0.00966. The third-order valence-electron chi connectivity index (χ3n) is 4.22. The number of hydrogen-bond acceptors (Lipinski definition) is 3. The summed E-state index contributed by atoms with van der Waals surface area (Å²) < 4.78 is 5.91. The highest BCUT2D eigenvalue weighted by atomic mass is 16.5. The molecule has 1 aliphatic rings. The molecular formula is C16H30N2O3. The number of nitrogens with zero attached hydrogens (tertiary/aromatic N) is 2. The Morgan fingerprint density at radius 2 is 1.95 bits per heavy atom. The van der Waals surface area contributed by atoms with Gasteiger partial charge in [-0.1, -0.05) is 6.08 Å². The quantitative estimate of drug-likeness (QED) is 0.525. The van der Waals surface area contributed by atoms with Gasteiger partial charge >= 0.3 is 6.09 Å². The van der Waals surface area contributed by atoms with E-state index in [1.165, 1.54) is 4.90 Å². The molecule has 0 bridgehead atoms. The summed E-state index contributed by atoms with van der Waals surface area (Å²) in [5.41, 5.74) is 0. The van der Waals surface area contributed by atoms with Gasteiger partial charge in [0.2, 0.25) is 0 Å². The van der Waals surface area contributed by atoms with E-state index in [4.69, 9.17) is 9.84 Å². The molecule has 0 aromatic rings. The highest BCUT2D eigenvalue weighted by Crippen LogP contribution is 2.24. The van der Waals surface area contributed by atoms with Crippen molar-refractivity contribution in [3.8, 4) is 0 Å². The van der Waals surface area contributed by atoms with Crippen molar-refractivity contribution in [2.75, 3.05) is 33.8 Å². The first kappa shape index (κ1) is 18.0. The van der Waals surface area contributed by atoms with Crippen molar-refractivity contribution in [2.24, 2.45) is 0 Å². The summed E-state index contributed by atoms with van der Waals surface area (Å²) in [6, 6.07) is 0.162. The van der Waals surface area contributed by atoms with Crippen molar-refractivity contribution in [3.05, 3.63) is 12.7 Å². The molecule has 0 heterocycles. The minimum absolute atomic E-state index is 0.162. The van der Waals surface area contributed by atoms with Crippen LogP contribution in [0.15, 0.2) is 12.7 Å². The molecule has 0 unspecified atom stereocenters. The van der Waals surface area contributed by atoms with Crippen molar-refractivity contribution in [2.45, 2.75) is 50.7 Å². The molecule has 1 aliphatic carbocycles. The minimum Gasteiger partial charge on any atom is -0.465 e. The summed E-state index contributed by atoms with van der Waals surface area (Å²) in [5.74, 6) is 0. The number of carbonyl (C=O) groups is 1. The average molecular weight is 298 g/mol. The third-order valence-corrected chi connectivity index (χ3v) is 4.22. The first-order valence-electron chi connectivity index (χ1n) is 7.91. The second kappa shape index (κ2) is 9.79. The van der Waals surface area contributed by atoms with Crippen molar-refractivity contribution >= 4 is 6.09 Å². The molecule has 21 heavy (non-hydrogen) atoms. The SMILES string of the molecule is C=CCN(C)CCCCOC1CCC(N(C)C(=O)O)CC1. The molecule has 5 nitrogen and oxygen atoms in total. The van der Waals surface area contributed by atoms with Gasteiger partial charge in [0.25, 0.3) is 0 Å². The van der Waals surface area contributed by atoms with Crippen LogP contribution in [0.4, 0.5) is 4.79 Å². The first-order chi connectivity index (χ1) is 10.0. The number of likely N-dealkylation sites (N-methyl/N-ethyl adjacent to an activating group) is 1. The van der Waals surface area contributed by atoms with E-state index in [1.54, 1.807) is 7.05 Å². The van der Waals surface area contributed by atoms with Crippen LogP contribution in [0.3, 0.4) is 0 Å². The lowest BCUT2D eigenvalue weighted by Gasteiger charge is -2.33. The van der Waals surface area contributed by atoms with Crippen LogP contribution in [-0.2, 0) is 4.74 Å². The Kier molecular flexibility index (Phi) is 8.38. The maximum Gasteiger partial charge on any atom is 0.407 e. The van der Waals surface area contributed by atoms with Crippen LogP contribution in [0, 0.1) is 0 Å². The highest BCUT2D eigenvalue weighted by Gasteiger charge is 2.26. The summed E-state index contributed by atoms with van der Waals surface area (Å²) in [6.45, 7) is 6.55. The summed E-state index contributed by atoms with van der Waals surface area (Å²) in [4.78, 5) is 14.6. The van der Waals surface area contributed by atoms with Gasteiger partial charge in [0, 0.05) is 26.2 Å². The van der Waals surface area contributed by atoms with Gasteiger partial charge in [0.05, 0.1) is 6.10 Å². The minimum atomic E-state index is -0.831. The Balaban J connectivity index is 2.05. The summed E-state index contributed by atoms with van der Waals surface area (Å²) in [6.07, 6.45) is 7.39. The van der Waals surface area contributed by atoms with E-state index in [2.05, 4.69) is 18.5 Å². The van der Waals surface area contributed by atoms with E-state index in [1.807, 2.05) is 6.08 Å². The molecule has 1 fully saturated rings. The van der Waals surface area contributed by atoms with Crippen LogP contribution in [0.2, 0.25) is 0 Å². The number of amides is 1. The van der Waals surface area contributed by atoms with Gasteiger partial charge in [-0.15, -0.1) is 6.58 Å². The molecule has 0 radical (unpaired) electrons. The van der Waals surface area contributed by atoms with Gasteiger partial charge < -0.3 is 19.6 Å². The molecular weight excluding hydrogens is 268 g/mol. The highest BCUT2D eigenvalue weighted by molar-refractivity contribution is 5.64. The van der Waals surface area contributed by atoms with Crippen LogP contribution in [0.25, 0.3) is 0 Å². The average Bonchev–Trinajstić information content (AvgIpc) is 2.47. The fraction of sp³-hybridized carbons (Fsp3) is 0.812. The molecule has 0 aromatic carbocycles. The molecule has 0 saturated heterocycles. The van der Waals surface area contributed by atoms with E-state index in [0.717, 1.165) is 58.2 Å².